The van der Waals surface area contributed by atoms with Crippen LogP contribution in [0, 0.1) is 17.8 Å². The highest BCUT2D eigenvalue weighted by molar-refractivity contribution is 7.89. The SMILES string of the molecule is CC1CCN(C(=O)c2cccc(S(=O)(=O)N3CC(C)CC(C)C3)c2)CC1. The number of hydrogen-bond donors (Lipinski definition) is 0. The van der Waals surface area contributed by atoms with E-state index in [0.717, 1.165) is 32.4 Å². The Morgan fingerprint density at radius 1 is 1.00 bits per heavy atom. The molecule has 26 heavy (non-hydrogen) atoms. The first kappa shape index (κ1) is 19.4. The molecule has 144 valence electrons. The van der Waals surface area contributed by atoms with Crippen molar-refractivity contribution < 1.29 is 13.2 Å². The van der Waals surface area contributed by atoms with Crippen molar-refractivity contribution >= 4 is 15.9 Å². The zero-order valence-electron chi connectivity index (χ0n) is 16.0. The minimum absolute atomic E-state index is 0.0608. The first-order chi connectivity index (χ1) is 12.3. The van der Waals surface area contributed by atoms with Gasteiger partial charge >= 0.3 is 0 Å². The van der Waals surface area contributed by atoms with Gasteiger partial charge in [-0.1, -0.05) is 26.8 Å². The van der Waals surface area contributed by atoms with Crippen molar-refractivity contribution in [2.45, 2.75) is 44.9 Å². The third kappa shape index (κ3) is 4.12. The Bertz CT molecular complexity index is 744. The Balaban J connectivity index is 1.81. The average molecular weight is 379 g/mol. The molecule has 0 N–H and O–H groups in total. The number of piperidine rings is 2. The number of hydrogen-bond acceptors (Lipinski definition) is 3. The van der Waals surface area contributed by atoms with Gasteiger partial charge in [-0.15, -0.1) is 0 Å². The van der Waals surface area contributed by atoms with Crippen molar-refractivity contribution in [2.75, 3.05) is 26.2 Å². The summed E-state index contributed by atoms with van der Waals surface area (Å²) in [5, 5.41) is 0. The van der Waals surface area contributed by atoms with Crippen molar-refractivity contribution in [1.82, 2.24) is 9.21 Å². The molecule has 2 heterocycles. The van der Waals surface area contributed by atoms with E-state index in [9.17, 15) is 13.2 Å². The lowest BCUT2D eigenvalue weighted by atomic mass is 9.94. The van der Waals surface area contributed by atoms with Crippen molar-refractivity contribution in [1.29, 1.82) is 0 Å². The molecule has 0 spiro atoms. The Hall–Kier alpha value is -1.40. The second-order valence-electron chi connectivity index (χ2n) is 8.27. The zero-order valence-corrected chi connectivity index (χ0v) is 16.8. The van der Waals surface area contributed by atoms with Crippen LogP contribution in [0.15, 0.2) is 29.2 Å². The van der Waals surface area contributed by atoms with Crippen LogP contribution in [0.3, 0.4) is 0 Å². The maximum atomic E-state index is 13.1. The molecule has 1 aromatic carbocycles. The van der Waals surface area contributed by atoms with Gasteiger partial charge in [-0.2, -0.15) is 4.31 Å². The van der Waals surface area contributed by atoms with Crippen LogP contribution in [0.1, 0.15) is 50.4 Å². The lowest BCUT2D eigenvalue weighted by Gasteiger charge is -2.34. The highest BCUT2D eigenvalue weighted by atomic mass is 32.2. The number of rotatable bonds is 3. The quantitative estimate of drug-likeness (QED) is 0.811. The van der Waals surface area contributed by atoms with Crippen LogP contribution in [-0.2, 0) is 10.0 Å². The van der Waals surface area contributed by atoms with E-state index in [1.807, 2.05) is 4.90 Å². The molecule has 0 saturated carbocycles. The van der Waals surface area contributed by atoms with Gasteiger partial charge in [-0.25, -0.2) is 8.42 Å². The second kappa shape index (κ2) is 7.69. The number of sulfonamides is 1. The lowest BCUT2D eigenvalue weighted by molar-refractivity contribution is 0.0697. The first-order valence-electron chi connectivity index (χ1n) is 9.67. The van der Waals surface area contributed by atoms with Gasteiger partial charge in [0, 0.05) is 31.7 Å². The first-order valence-corrected chi connectivity index (χ1v) is 11.1. The number of likely N-dealkylation sites (tertiary alicyclic amines) is 1. The highest BCUT2D eigenvalue weighted by Gasteiger charge is 2.32. The van der Waals surface area contributed by atoms with E-state index >= 15 is 0 Å². The van der Waals surface area contributed by atoms with Gasteiger partial charge in [-0.3, -0.25) is 4.79 Å². The van der Waals surface area contributed by atoms with E-state index in [2.05, 4.69) is 20.8 Å². The Morgan fingerprint density at radius 2 is 1.62 bits per heavy atom. The Morgan fingerprint density at radius 3 is 2.23 bits per heavy atom. The monoisotopic (exact) mass is 378 g/mol. The van der Waals surface area contributed by atoms with Crippen molar-refractivity contribution in [3.63, 3.8) is 0 Å². The van der Waals surface area contributed by atoms with Crippen molar-refractivity contribution in [2.24, 2.45) is 17.8 Å². The molecule has 2 saturated heterocycles. The van der Waals surface area contributed by atoms with Gasteiger partial charge < -0.3 is 4.90 Å². The van der Waals surface area contributed by atoms with Crippen LogP contribution < -0.4 is 0 Å². The molecule has 3 rings (SSSR count). The largest absolute Gasteiger partial charge is 0.339 e. The normalized spacial score (nSPS) is 26.0. The van der Waals surface area contributed by atoms with Crippen molar-refractivity contribution in [3.05, 3.63) is 29.8 Å². The van der Waals surface area contributed by atoms with E-state index in [1.165, 1.54) is 0 Å². The fourth-order valence-electron chi connectivity index (χ4n) is 4.13. The fourth-order valence-corrected chi connectivity index (χ4v) is 5.86. The van der Waals surface area contributed by atoms with Gasteiger partial charge in [0.2, 0.25) is 10.0 Å². The predicted molar refractivity (Wildman–Crippen MR) is 102 cm³/mol. The Kier molecular flexibility index (Phi) is 5.72. The van der Waals surface area contributed by atoms with Crippen LogP contribution in [0.5, 0.6) is 0 Å². The molecule has 2 aliphatic rings. The summed E-state index contributed by atoms with van der Waals surface area (Å²) in [4.78, 5) is 14.9. The summed E-state index contributed by atoms with van der Waals surface area (Å²) in [6.07, 6.45) is 3.07. The van der Waals surface area contributed by atoms with E-state index in [4.69, 9.17) is 0 Å². The molecule has 2 atom stereocenters. The molecule has 0 radical (unpaired) electrons. The van der Waals surface area contributed by atoms with Crippen LogP contribution >= 0.6 is 0 Å². The minimum atomic E-state index is -3.56. The fraction of sp³-hybridized carbons (Fsp3) is 0.650. The topological polar surface area (TPSA) is 57.7 Å². The van der Waals surface area contributed by atoms with Crippen molar-refractivity contribution in [3.8, 4) is 0 Å². The molecule has 2 aliphatic heterocycles. The van der Waals surface area contributed by atoms with Gasteiger partial charge in [0.25, 0.3) is 5.91 Å². The second-order valence-corrected chi connectivity index (χ2v) is 10.2. The molecule has 2 unspecified atom stereocenters. The highest BCUT2D eigenvalue weighted by Crippen LogP contribution is 2.27. The van der Waals surface area contributed by atoms with E-state index in [-0.39, 0.29) is 10.8 Å². The number of carbonyl (C=O) groups is 1. The molecule has 0 aliphatic carbocycles. The van der Waals surface area contributed by atoms with Gasteiger partial charge in [0.15, 0.2) is 0 Å². The molecule has 1 amide bonds. The molecule has 0 aromatic heterocycles. The number of carbonyl (C=O) groups excluding carboxylic acids is 1. The molecular formula is C20H30N2O3S. The van der Waals surface area contributed by atoms with Gasteiger partial charge in [0.05, 0.1) is 4.90 Å². The van der Waals surface area contributed by atoms with E-state index in [0.29, 0.717) is 36.4 Å². The zero-order chi connectivity index (χ0) is 18.9. The molecule has 1 aromatic rings. The molecule has 6 heteroatoms. The summed E-state index contributed by atoms with van der Waals surface area (Å²) in [6.45, 7) is 8.99. The smallest absolute Gasteiger partial charge is 0.253 e. The summed E-state index contributed by atoms with van der Waals surface area (Å²) in [6, 6.07) is 6.57. The number of amides is 1. The van der Waals surface area contributed by atoms with Gasteiger partial charge in [-0.05, 0) is 55.2 Å². The van der Waals surface area contributed by atoms with E-state index < -0.39 is 10.0 Å². The average Bonchev–Trinajstić information content (AvgIpc) is 2.61. The van der Waals surface area contributed by atoms with E-state index in [1.54, 1.807) is 28.6 Å². The molecule has 5 nitrogen and oxygen atoms in total. The molecule has 0 bridgehead atoms. The summed E-state index contributed by atoms with van der Waals surface area (Å²) in [5.74, 6) is 1.30. The maximum Gasteiger partial charge on any atom is 0.253 e. The number of benzene rings is 1. The summed E-state index contributed by atoms with van der Waals surface area (Å²) in [7, 11) is -3.56. The van der Waals surface area contributed by atoms with Crippen LogP contribution in [0.25, 0.3) is 0 Å². The minimum Gasteiger partial charge on any atom is -0.339 e. The van der Waals surface area contributed by atoms with Crippen LogP contribution in [0.2, 0.25) is 0 Å². The third-order valence-electron chi connectivity index (χ3n) is 5.62. The summed E-state index contributed by atoms with van der Waals surface area (Å²) in [5.41, 5.74) is 0.471. The summed E-state index contributed by atoms with van der Waals surface area (Å²) >= 11 is 0. The standard InChI is InChI=1S/C20H30N2O3S/c1-15-7-9-21(10-8-15)20(23)18-5-4-6-19(12-18)26(24,25)22-13-16(2)11-17(3)14-22/h4-6,12,15-17H,7-11,13-14H2,1-3H3. The van der Waals surface area contributed by atoms with Crippen LogP contribution in [-0.4, -0.2) is 49.7 Å². The molecular weight excluding hydrogens is 348 g/mol. The summed E-state index contributed by atoms with van der Waals surface area (Å²) < 4.78 is 27.7. The third-order valence-corrected chi connectivity index (χ3v) is 7.45. The lowest BCUT2D eigenvalue weighted by Crippen LogP contribution is -2.42. The van der Waals surface area contributed by atoms with Gasteiger partial charge in [0.1, 0.15) is 0 Å². The Labute approximate surface area is 157 Å². The van der Waals surface area contributed by atoms with Crippen LogP contribution in [0.4, 0.5) is 0 Å². The molecule has 2 fully saturated rings. The predicted octanol–water partition coefficient (Wildman–Crippen LogP) is 3.23. The number of nitrogens with zero attached hydrogens (tertiary/aromatic N) is 2. The maximum absolute atomic E-state index is 13.1.